The molecule has 0 amide bonds. The van der Waals surface area contributed by atoms with E-state index in [2.05, 4.69) is 45.0 Å². The fraction of sp³-hybridized carbons (Fsp3) is 0.562. The van der Waals surface area contributed by atoms with E-state index in [1.54, 1.807) is 11.8 Å². The van der Waals surface area contributed by atoms with Gasteiger partial charge in [-0.3, -0.25) is 4.79 Å². The van der Waals surface area contributed by atoms with Crippen LogP contribution in [0.2, 0.25) is 0 Å². The molecule has 0 unspecified atom stereocenters. The third-order valence-corrected chi connectivity index (χ3v) is 4.92. The molecule has 0 aromatic heterocycles. The van der Waals surface area contributed by atoms with Gasteiger partial charge in [-0.1, -0.05) is 45.0 Å². The van der Waals surface area contributed by atoms with Crippen LogP contribution in [0.15, 0.2) is 24.3 Å². The SMILES string of the molecule is CC(C)(C)c1ccc(CSC(C)(C)[C@@H](N)C(=O)O)cc1. The number of hydrogen-bond donors (Lipinski definition) is 2. The minimum Gasteiger partial charge on any atom is -0.480 e. The van der Waals surface area contributed by atoms with E-state index in [9.17, 15) is 4.79 Å². The van der Waals surface area contributed by atoms with Gasteiger partial charge in [0, 0.05) is 10.5 Å². The molecule has 0 aliphatic heterocycles. The summed E-state index contributed by atoms with van der Waals surface area (Å²) in [6.45, 7) is 10.3. The van der Waals surface area contributed by atoms with E-state index in [1.165, 1.54) is 11.1 Å². The molecule has 1 rings (SSSR count). The van der Waals surface area contributed by atoms with E-state index in [-0.39, 0.29) is 5.41 Å². The molecule has 0 aliphatic rings. The van der Waals surface area contributed by atoms with Gasteiger partial charge in [0.1, 0.15) is 6.04 Å². The summed E-state index contributed by atoms with van der Waals surface area (Å²) in [5.74, 6) is -0.191. The van der Waals surface area contributed by atoms with E-state index >= 15 is 0 Å². The lowest BCUT2D eigenvalue weighted by Crippen LogP contribution is -2.46. The second-order valence-corrected chi connectivity index (χ2v) is 8.28. The molecule has 1 aromatic carbocycles. The Morgan fingerprint density at radius 2 is 1.70 bits per heavy atom. The van der Waals surface area contributed by atoms with Crippen molar-refractivity contribution in [2.24, 2.45) is 5.73 Å². The van der Waals surface area contributed by atoms with Gasteiger partial charge in [-0.15, -0.1) is 11.8 Å². The predicted molar refractivity (Wildman–Crippen MR) is 86.1 cm³/mol. The van der Waals surface area contributed by atoms with Crippen LogP contribution < -0.4 is 5.73 Å². The normalized spacial score (nSPS) is 14.1. The van der Waals surface area contributed by atoms with Crippen molar-refractivity contribution in [3.05, 3.63) is 35.4 Å². The van der Waals surface area contributed by atoms with Crippen molar-refractivity contribution in [3.63, 3.8) is 0 Å². The van der Waals surface area contributed by atoms with Crippen LogP contribution in [0.3, 0.4) is 0 Å². The van der Waals surface area contributed by atoms with Gasteiger partial charge in [0.2, 0.25) is 0 Å². The molecule has 4 heteroatoms. The highest BCUT2D eigenvalue weighted by molar-refractivity contribution is 7.99. The summed E-state index contributed by atoms with van der Waals surface area (Å²) in [4.78, 5) is 11.0. The molecule has 0 aliphatic carbocycles. The van der Waals surface area contributed by atoms with Crippen LogP contribution in [0.1, 0.15) is 45.7 Å². The fourth-order valence-electron chi connectivity index (χ4n) is 1.76. The molecule has 0 saturated heterocycles. The lowest BCUT2D eigenvalue weighted by Gasteiger charge is -2.28. The first-order valence-electron chi connectivity index (χ1n) is 6.76. The molecule has 20 heavy (non-hydrogen) atoms. The maximum atomic E-state index is 11.0. The van der Waals surface area contributed by atoms with Crippen LogP contribution in [0, 0.1) is 0 Å². The van der Waals surface area contributed by atoms with Crippen LogP contribution in [0.4, 0.5) is 0 Å². The minimum absolute atomic E-state index is 0.149. The first kappa shape index (κ1) is 17.1. The van der Waals surface area contributed by atoms with E-state index in [0.29, 0.717) is 0 Å². The lowest BCUT2D eigenvalue weighted by molar-refractivity contribution is -0.139. The maximum absolute atomic E-state index is 11.0. The van der Waals surface area contributed by atoms with Gasteiger partial charge < -0.3 is 10.8 Å². The number of nitrogens with two attached hydrogens (primary N) is 1. The molecule has 0 heterocycles. The Morgan fingerprint density at radius 3 is 2.10 bits per heavy atom. The third kappa shape index (κ3) is 4.53. The van der Waals surface area contributed by atoms with Crippen LogP contribution in [0.5, 0.6) is 0 Å². The first-order chi connectivity index (χ1) is 9.04. The van der Waals surface area contributed by atoms with E-state index < -0.39 is 16.8 Å². The number of hydrogen-bond acceptors (Lipinski definition) is 3. The van der Waals surface area contributed by atoms with Gasteiger partial charge in [0.25, 0.3) is 0 Å². The summed E-state index contributed by atoms with van der Waals surface area (Å²) in [6, 6.07) is 7.63. The van der Waals surface area contributed by atoms with Crippen LogP contribution in [-0.2, 0) is 16.0 Å². The molecule has 1 aromatic rings. The van der Waals surface area contributed by atoms with Gasteiger partial charge in [-0.25, -0.2) is 0 Å². The highest BCUT2D eigenvalue weighted by Gasteiger charge is 2.32. The van der Waals surface area contributed by atoms with Gasteiger partial charge in [0.05, 0.1) is 0 Å². The average molecular weight is 295 g/mol. The Morgan fingerprint density at radius 1 is 1.20 bits per heavy atom. The molecule has 3 N–H and O–H groups in total. The van der Waals surface area contributed by atoms with Gasteiger partial charge in [-0.2, -0.15) is 0 Å². The Kier molecular flexibility index (Phi) is 5.27. The molecule has 112 valence electrons. The second kappa shape index (κ2) is 6.19. The Labute approximate surface area is 125 Å². The summed E-state index contributed by atoms with van der Waals surface area (Å²) in [7, 11) is 0. The molecule has 0 fully saturated rings. The molecule has 0 spiro atoms. The zero-order valence-electron chi connectivity index (χ0n) is 12.9. The molecule has 0 bridgehead atoms. The van der Waals surface area contributed by atoms with E-state index in [1.807, 2.05) is 13.8 Å². The minimum atomic E-state index is -0.953. The summed E-state index contributed by atoms with van der Waals surface area (Å²) in [5, 5.41) is 9.00. The van der Waals surface area contributed by atoms with Gasteiger partial charge in [-0.05, 0) is 30.4 Å². The molecular formula is C16H25NO2S. The predicted octanol–water partition coefficient (Wildman–Crippen LogP) is 3.41. The number of carboxylic acid groups (broad SMARTS) is 1. The Bertz CT molecular complexity index is 460. The van der Waals surface area contributed by atoms with Crippen molar-refractivity contribution in [3.8, 4) is 0 Å². The first-order valence-corrected chi connectivity index (χ1v) is 7.74. The van der Waals surface area contributed by atoms with Crippen molar-refractivity contribution in [1.29, 1.82) is 0 Å². The number of thioether (sulfide) groups is 1. The van der Waals surface area contributed by atoms with Crippen molar-refractivity contribution in [1.82, 2.24) is 0 Å². The Balaban J connectivity index is 2.69. The topological polar surface area (TPSA) is 63.3 Å². The third-order valence-electron chi connectivity index (χ3n) is 3.45. The smallest absolute Gasteiger partial charge is 0.321 e. The summed E-state index contributed by atoms with van der Waals surface area (Å²) in [5.41, 5.74) is 8.36. The quantitative estimate of drug-likeness (QED) is 0.874. The van der Waals surface area contributed by atoms with Crippen molar-refractivity contribution >= 4 is 17.7 Å². The van der Waals surface area contributed by atoms with E-state index in [4.69, 9.17) is 10.8 Å². The maximum Gasteiger partial charge on any atom is 0.321 e. The van der Waals surface area contributed by atoms with E-state index in [0.717, 1.165) is 5.75 Å². The monoisotopic (exact) mass is 295 g/mol. The van der Waals surface area contributed by atoms with Crippen molar-refractivity contribution in [2.45, 2.75) is 56.6 Å². The summed E-state index contributed by atoms with van der Waals surface area (Å²) in [6.07, 6.45) is 0. The molecule has 0 saturated carbocycles. The van der Waals surface area contributed by atoms with Gasteiger partial charge in [0.15, 0.2) is 0 Å². The summed E-state index contributed by atoms with van der Waals surface area (Å²) < 4.78 is -0.492. The number of rotatable bonds is 5. The van der Waals surface area contributed by atoms with Gasteiger partial charge >= 0.3 is 5.97 Å². The molecular weight excluding hydrogens is 270 g/mol. The van der Waals surface area contributed by atoms with Crippen LogP contribution in [-0.4, -0.2) is 21.9 Å². The largest absolute Gasteiger partial charge is 0.480 e. The zero-order chi connectivity index (χ0) is 15.6. The highest BCUT2D eigenvalue weighted by Crippen LogP contribution is 2.31. The van der Waals surface area contributed by atoms with Crippen molar-refractivity contribution < 1.29 is 9.90 Å². The molecule has 0 radical (unpaired) electrons. The van der Waals surface area contributed by atoms with Crippen LogP contribution in [0.25, 0.3) is 0 Å². The number of benzene rings is 1. The Hall–Kier alpha value is -1.00. The second-order valence-electron chi connectivity index (χ2n) is 6.65. The number of carboxylic acids is 1. The summed E-state index contributed by atoms with van der Waals surface area (Å²) >= 11 is 1.58. The molecule has 3 nitrogen and oxygen atoms in total. The number of aliphatic carboxylic acids is 1. The average Bonchev–Trinajstić information content (AvgIpc) is 2.35. The molecule has 1 atom stereocenters. The lowest BCUT2D eigenvalue weighted by atomic mass is 9.87. The van der Waals surface area contributed by atoms with Crippen molar-refractivity contribution in [2.75, 3.05) is 0 Å². The number of carbonyl (C=O) groups is 1. The highest BCUT2D eigenvalue weighted by atomic mass is 32.2. The standard InChI is InChI=1S/C16H25NO2S/c1-15(2,3)12-8-6-11(7-9-12)10-20-16(4,5)13(17)14(18)19/h6-9,13H,10,17H2,1-5H3,(H,18,19)/t13-/m0/s1. The van der Waals surface area contributed by atoms with Crippen LogP contribution >= 0.6 is 11.8 Å². The zero-order valence-corrected chi connectivity index (χ0v) is 13.8. The fourth-order valence-corrected chi connectivity index (χ4v) is 2.77.